The van der Waals surface area contributed by atoms with Gasteiger partial charge in [-0.2, -0.15) is 23.4 Å². The number of imidazole rings is 1. The van der Waals surface area contributed by atoms with Crippen molar-refractivity contribution in [3.8, 4) is 0 Å². The molecule has 43 heavy (non-hydrogen) atoms. The molecular weight excluding hydrogens is 577 g/mol. The van der Waals surface area contributed by atoms with E-state index in [0.29, 0.717) is 23.5 Å². The standard InChI is InChI=1S/C28H34F5N7O3/c1-3-39-22(6-9-35-39)26(43)37-24(16-4-7-27(29,30)8-5-16)21-14-40-23(36-21)12-19(15(2)41)20(38-40)11-17-10-18(28(31,32)33)13-34-25(17)42/h6,9,12,14-18,24,41H,3-5,7-8,10-11,13H2,1-2H3,(H,34,42)(H,37,43)/t15?,17?,18-,24+/m1/s1. The van der Waals surface area contributed by atoms with Crippen LogP contribution in [0.2, 0.25) is 0 Å². The van der Waals surface area contributed by atoms with Gasteiger partial charge in [0, 0.05) is 50.0 Å². The summed E-state index contributed by atoms with van der Waals surface area (Å²) in [5.74, 6) is -6.81. The van der Waals surface area contributed by atoms with Crippen LogP contribution >= 0.6 is 0 Å². The molecule has 0 bridgehead atoms. The van der Waals surface area contributed by atoms with Crippen molar-refractivity contribution in [1.82, 2.24) is 35.0 Å². The molecule has 3 aromatic heterocycles. The molecule has 15 heteroatoms. The van der Waals surface area contributed by atoms with Gasteiger partial charge in [0.1, 0.15) is 5.69 Å². The first-order valence-electron chi connectivity index (χ1n) is 14.4. The predicted octanol–water partition coefficient (Wildman–Crippen LogP) is 4.15. The molecule has 10 nitrogen and oxygen atoms in total. The summed E-state index contributed by atoms with van der Waals surface area (Å²) in [6.45, 7) is 3.26. The highest BCUT2D eigenvalue weighted by Gasteiger charge is 2.45. The fourth-order valence-electron chi connectivity index (χ4n) is 6.05. The third-order valence-electron chi connectivity index (χ3n) is 8.48. The second-order valence-electron chi connectivity index (χ2n) is 11.5. The van der Waals surface area contributed by atoms with Gasteiger partial charge < -0.3 is 15.7 Å². The van der Waals surface area contributed by atoms with Crippen molar-refractivity contribution >= 4 is 17.5 Å². The van der Waals surface area contributed by atoms with E-state index in [1.807, 2.05) is 6.92 Å². The van der Waals surface area contributed by atoms with Gasteiger partial charge in [-0.25, -0.2) is 18.3 Å². The van der Waals surface area contributed by atoms with E-state index in [4.69, 9.17) is 0 Å². The number of carbonyl (C=O) groups excluding carboxylic acids is 2. The number of aryl methyl sites for hydroxylation is 1. The van der Waals surface area contributed by atoms with Crippen LogP contribution in [-0.4, -0.2) is 59.9 Å². The Morgan fingerprint density at radius 1 is 1.28 bits per heavy atom. The predicted molar refractivity (Wildman–Crippen MR) is 143 cm³/mol. The highest BCUT2D eigenvalue weighted by atomic mass is 19.4. The van der Waals surface area contributed by atoms with Crippen molar-refractivity contribution in [2.24, 2.45) is 17.8 Å². The van der Waals surface area contributed by atoms with E-state index in [-0.39, 0.29) is 49.4 Å². The van der Waals surface area contributed by atoms with Gasteiger partial charge in [0.05, 0.1) is 35.6 Å². The summed E-state index contributed by atoms with van der Waals surface area (Å²) in [5, 5.41) is 24.4. The van der Waals surface area contributed by atoms with Crippen LogP contribution in [0.15, 0.2) is 24.5 Å². The molecule has 234 valence electrons. The van der Waals surface area contributed by atoms with Crippen LogP contribution in [0.5, 0.6) is 0 Å². The van der Waals surface area contributed by atoms with Crippen LogP contribution < -0.4 is 10.6 Å². The number of halogens is 5. The SMILES string of the molecule is CCn1nccc1C(=O)N[C@H](c1cn2nc(CC3C[C@@H](C(F)(F)F)CNC3=O)c(C(C)O)cc2n1)C1CCC(F)(F)CC1. The van der Waals surface area contributed by atoms with Gasteiger partial charge in [0.25, 0.3) is 5.91 Å². The fourth-order valence-corrected chi connectivity index (χ4v) is 6.05. The topological polar surface area (TPSA) is 126 Å². The van der Waals surface area contributed by atoms with E-state index in [1.54, 1.807) is 18.3 Å². The average molecular weight is 612 g/mol. The molecule has 1 aliphatic carbocycles. The largest absolute Gasteiger partial charge is 0.393 e. The third-order valence-corrected chi connectivity index (χ3v) is 8.48. The zero-order valence-corrected chi connectivity index (χ0v) is 23.7. The second kappa shape index (κ2) is 11.8. The molecule has 0 aromatic carbocycles. The van der Waals surface area contributed by atoms with Gasteiger partial charge in [-0.15, -0.1) is 0 Å². The minimum atomic E-state index is -4.47. The summed E-state index contributed by atoms with van der Waals surface area (Å²) in [5.41, 5.74) is 1.49. The molecule has 0 radical (unpaired) electrons. The number of hydrogen-bond donors (Lipinski definition) is 3. The maximum atomic E-state index is 14.0. The molecule has 5 rings (SSSR count). The van der Waals surface area contributed by atoms with Crippen LogP contribution in [0.3, 0.4) is 0 Å². The van der Waals surface area contributed by atoms with Gasteiger partial charge in [-0.05, 0) is 51.2 Å². The number of nitrogens with one attached hydrogen (secondary N) is 2. The molecule has 2 fully saturated rings. The molecule has 2 aliphatic rings. The van der Waals surface area contributed by atoms with Gasteiger partial charge in [0.2, 0.25) is 11.8 Å². The van der Waals surface area contributed by atoms with Gasteiger partial charge in [-0.3, -0.25) is 14.3 Å². The highest BCUT2D eigenvalue weighted by Crippen LogP contribution is 2.41. The quantitative estimate of drug-likeness (QED) is 0.329. The van der Waals surface area contributed by atoms with Gasteiger partial charge >= 0.3 is 6.18 Å². The summed E-state index contributed by atoms with van der Waals surface area (Å²) >= 11 is 0. The molecule has 2 unspecified atom stereocenters. The number of alkyl halides is 5. The van der Waals surface area contributed by atoms with E-state index < -0.39 is 60.9 Å². The number of piperidine rings is 1. The van der Waals surface area contributed by atoms with Gasteiger partial charge in [-0.1, -0.05) is 0 Å². The Morgan fingerprint density at radius 2 is 2.00 bits per heavy atom. The number of rotatable bonds is 8. The number of hydrogen-bond acceptors (Lipinski definition) is 6. The van der Waals surface area contributed by atoms with Crippen molar-refractivity contribution in [2.45, 2.75) is 83.2 Å². The minimum absolute atomic E-state index is 0.138. The van der Waals surface area contributed by atoms with Gasteiger partial charge in [0.15, 0.2) is 5.65 Å². The fraction of sp³-hybridized carbons (Fsp3) is 0.607. The number of fused-ring (bicyclic) bond motifs is 1. The Labute approximate surface area is 244 Å². The molecule has 2 amide bonds. The maximum Gasteiger partial charge on any atom is 0.393 e. The smallest absolute Gasteiger partial charge is 0.389 e. The summed E-state index contributed by atoms with van der Waals surface area (Å²) in [6, 6.07) is 2.35. The first-order valence-corrected chi connectivity index (χ1v) is 14.4. The Morgan fingerprint density at radius 3 is 2.65 bits per heavy atom. The lowest BCUT2D eigenvalue weighted by Crippen LogP contribution is -2.47. The van der Waals surface area contributed by atoms with E-state index in [2.05, 4.69) is 25.8 Å². The van der Waals surface area contributed by atoms with E-state index in [0.717, 1.165) is 0 Å². The average Bonchev–Trinajstić information content (AvgIpc) is 3.58. The first kappa shape index (κ1) is 30.8. The molecule has 3 aromatic rings. The zero-order valence-electron chi connectivity index (χ0n) is 23.7. The summed E-state index contributed by atoms with van der Waals surface area (Å²) in [4.78, 5) is 30.4. The number of amides is 2. The number of aliphatic hydroxyl groups is 1. The second-order valence-corrected chi connectivity index (χ2v) is 11.5. The lowest BCUT2D eigenvalue weighted by molar-refractivity contribution is -0.183. The third kappa shape index (κ3) is 6.65. The molecule has 1 saturated carbocycles. The molecule has 1 aliphatic heterocycles. The Bertz CT molecular complexity index is 1470. The van der Waals surface area contributed by atoms with E-state index in [1.165, 1.54) is 22.3 Å². The normalized spacial score (nSPS) is 22.7. The molecule has 4 heterocycles. The van der Waals surface area contributed by atoms with Crippen LogP contribution in [0.25, 0.3) is 5.65 Å². The van der Waals surface area contributed by atoms with E-state index >= 15 is 0 Å². The van der Waals surface area contributed by atoms with Crippen LogP contribution in [0, 0.1) is 17.8 Å². The van der Waals surface area contributed by atoms with Crippen molar-refractivity contribution < 1.29 is 36.6 Å². The van der Waals surface area contributed by atoms with Crippen LogP contribution in [0.4, 0.5) is 22.0 Å². The van der Waals surface area contributed by atoms with Crippen molar-refractivity contribution in [3.63, 3.8) is 0 Å². The van der Waals surface area contributed by atoms with Crippen molar-refractivity contribution in [3.05, 3.63) is 47.2 Å². The number of carbonyl (C=O) groups is 2. The molecule has 0 spiro atoms. The van der Waals surface area contributed by atoms with Crippen molar-refractivity contribution in [1.29, 1.82) is 0 Å². The molecule has 1 saturated heterocycles. The van der Waals surface area contributed by atoms with Crippen LogP contribution in [-0.2, 0) is 17.8 Å². The summed E-state index contributed by atoms with van der Waals surface area (Å²) in [7, 11) is 0. The van der Waals surface area contributed by atoms with E-state index in [9.17, 15) is 36.6 Å². The lowest BCUT2D eigenvalue weighted by Gasteiger charge is -2.33. The van der Waals surface area contributed by atoms with Crippen molar-refractivity contribution in [2.75, 3.05) is 6.54 Å². The molecular formula is C28H34F5N7O3. The number of aliphatic hydroxyl groups excluding tert-OH is 1. The minimum Gasteiger partial charge on any atom is -0.389 e. The lowest BCUT2D eigenvalue weighted by atomic mass is 9.81. The molecule has 4 atom stereocenters. The zero-order chi connectivity index (χ0) is 31.1. The first-order chi connectivity index (χ1) is 20.3. The Hall–Kier alpha value is -3.62. The Balaban J connectivity index is 1.48. The molecule has 3 N–H and O–H groups in total. The Kier molecular flexibility index (Phi) is 8.47. The number of aromatic nitrogens is 5. The monoisotopic (exact) mass is 611 g/mol. The highest BCUT2D eigenvalue weighted by molar-refractivity contribution is 5.92. The number of nitrogens with zero attached hydrogens (tertiary/aromatic N) is 5. The summed E-state index contributed by atoms with van der Waals surface area (Å²) < 4.78 is 71.1. The maximum absolute atomic E-state index is 14.0. The summed E-state index contributed by atoms with van der Waals surface area (Å²) in [6.07, 6.45) is -3.41. The van der Waals surface area contributed by atoms with Crippen LogP contribution in [0.1, 0.15) is 85.5 Å².